The van der Waals surface area contributed by atoms with Crippen LogP contribution < -0.4 is 4.74 Å². The highest BCUT2D eigenvalue weighted by atomic mass is 19.1. The number of likely N-dealkylation sites (N-methyl/N-ethyl adjacent to an activating group) is 1. The van der Waals surface area contributed by atoms with Crippen LogP contribution in [0, 0.1) is 15.9 Å². The summed E-state index contributed by atoms with van der Waals surface area (Å²) in [6.45, 7) is 1.23. The number of hydrogen-bond donors (Lipinski definition) is 0. The third-order valence-corrected chi connectivity index (χ3v) is 3.78. The largest absolute Gasteiger partial charge is 0.489 e. The first-order valence-corrected chi connectivity index (χ1v) is 8.16. The second-order valence-electron chi connectivity index (χ2n) is 5.83. The minimum atomic E-state index is -0.468. The fraction of sp³-hybridized carbons (Fsp3) is 0.222. The zero-order chi connectivity index (χ0) is 19.2. The standard InChI is InChI=1S/C18H17FN4O4/c1-22(10-11-26-16-5-3-2-4-15(16)19)12-17-20-18(21-27-17)13-6-8-14(9-7-13)23(24)25/h2-9H,10-12H2,1H3. The molecular formula is C18H17FN4O4. The average molecular weight is 372 g/mol. The van der Waals surface area contributed by atoms with Crippen LogP contribution in [0.15, 0.2) is 53.1 Å². The van der Waals surface area contributed by atoms with Crippen LogP contribution in [0.25, 0.3) is 11.4 Å². The molecule has 1 aromatic heterocycles. The Kier molecular flexibility index (Phi) is 5.72. The van der Waals surface area contributed by atoms with Gasteiger partial charge in [0, 0.05) is 24.2 Å². The Bertz CT molecular complexity index is 914. The fourth-order valence-corrected chi connectivity index (χ4v) is 2.35. The van der Waals surface area contributed by atoms with E-state index in [2.05, 4.69) is 10.1 Å². The van der Waals surface area contributed by atoms with Gasteiger partial charge in [0.05, 0.1) is 11.5 Å². The summed E-state index contributed by atoms with van der Waals surface area (Å²) < 4.78 is 24.1. The van der Waals surface area contributed by atoms with Crippen molar-refractivity contribution in [1.29, 1.82) is 0 Å². The predicted molar refractivity (Wildman–Crippen MR) is 94.6 cm³/mol. The zero-order valence-electron chi connectivity index (χ0n) is 14.5. The van der Waals surface area contributed by atoms with Crippen LogP contribution in [-0.2, 0) is 6.54 Å². The highest BCUT2D eigenvalue weighted by Crippen LogP contribution is 2.20. The number of halogens is 1. The van der Waals surface area contributed by atoms with Crippen molar-refractivity contribution < 1.29 is 18.6 Å². The Morgan fingerprint density at radius 2 is 1.96 bits per heavy atom. The summed E-state index contributed by atoms with van der Waals surface area (Å²) in [5.41, 5.74) is 0.623. The van der Waals surface area contributed by atoms with Crippen molar-refractivity contribution in [2.75, 3.05) is 20.2 Å². The first kappa shape index (κ1) is 18.5. The normalized spacial score (nSPS) is 10.9. The molecule has 0 spiro atoms. The van der Waals surface area contributed by atoms with E-state index in [9.17, 15) is 14.5 Å². The second kappa shape index (κ2) is 8.37. The molecule has 140 valence electrons. The molecular weight excluding hydrogens is 355 g/mol. The minimum absolute atomic E-state index is 0.00273. The van der Waals surface area contributed by atoms with Gasteiger partial charge in [-0.1, -0.05) is 17.3 Å². The molecule has 0 bridgehead atoms. The summed E-state index contributed by atoms with van der Waals surface area (Å²) in [4.78, 5) is 16.4. The first-order valence-electron chi connectivity index (χ1n) is 8.16. The molecule has 0 unspecified atom stereocenters. The van der Waals surface area contributed by atoms with E-state index in [1.807, 2.05) is 11.9 Å². The summed E-state index contributed by atoms with van der Waals surface area (Å²) in [7, 11) is 1.85. The van der Waals surface area contributed by atoms with Gasteiger partial charge in [-0.05, 0) is 31.3 Å². The van der Waals surface area contributed by atoms with Crippen LogP contribution >= 0.6 is 0 Å². The zero-order valence-corrected chi connectivity index (χ0v) is 14.5. The quantitative estimate of drug-likeness (QED) is 0.442. The number of benzene rings is 2. The van der Waals surface area contributed by atoms with Gasteiger partial charge >= 0.3 is 0 Å². The topological polar surface area (TPSA) is 94.5 Å². The molecule has 0 saturated carbocycles. The van der Waals surface area contributed by atoms with Crippen molar-refractivity contribution in [2.45, 2.75) is 6.54 Å². The number of ether oxygens (including phenoxy) is 1. The molecule has 0 fully saturated rings. The highest BCUT2D eigenvalue weighted by Gasteiger charge is 2.13. The molecule has 0 atom stereocenters. The third-order valence-electron chi connectivity index (χ3n) is 3.78. The van der Waals surface area contributed by atoms with E-state index in [4.69, 9.17) is 9.26 Å². The molecule has 0 N–H and O–H groups in total. The fourth-order valence-electron chi connectivity index (χ4n) is 2.35. The van der Waals surface area contributed by atoms with Crippen molar-refractivity contribution >= 4 is 5.69 Å². The molecule has 0 amide bonds. The summed E-state index contributed by atoms with van der Waals surface area (Å²) >= 11 is 0. The van der Waals surface area contributed by atoms with Gasteiger partial charge in [-0.15, -0.1) is 0 Å². The van der Waals surface area contributed by atoms with E-state index in [1.165, 1.54) is 18.2 Å². The summed E-state index contributed by atoms with van der Waals surface area (Å²) in [6, 6.07) is 12.1. The molecule has 0 aliphatic rings. The number of para-hydroxylation sites is 1. The lowest BCUT2D eigenvalue weighted by molar-refractivity contribution is -0.384. The molecule has 9 heteroatoms. The van der Waals surface area contributed by atoms with Gasteiger partial charge in [-0.3, -0.25) is 15.0 Å². The number of hydrogen-bond acceptors (Lipinski definition) is 7. The lowest BCUT2D eigenvalue weighted by atomic mass is 10.2. The van der Waals surface area contributed by atoms with Crippen LogP contribution in [0.1, 0.15) is 5.89 Å². The van der Waals surface area contributed by atoms with Gasteiger partial charge in [0.2, 0.25) is 11.7 Å². The monoisotopic (exact) mass is 372 g/mol. The maximum absolute atomic E-state index is 13.5. The molecule has 1 heterocycles. The molecule has 3 rings (SSSR count). The van der Waals surface area contributed by atoms with Crippen LogP contribution in [0.2, 0.25) is 0 Å². The number of aromatic nitrogens is 2. The summed E-state index contributed by atoms with van der Waals surface area (Å²) in [6.07, 6.45) is 0. The van der Waals surface area contributed by atoms with E-state index in [0.29, 0.717) is 37.0 Å². The van der Waals surface area contributed by atoms with Crippen molar-refractivity contribution in [3.05, 3.63) is 70.4 Å². The van der Waals surface area contributed by atoms with Crippen LogP contribution in [-0.4, -0.2) is 40.2 Å². The molecule has 3 aromatic rings. The minimum Gasteiger partial charge on any atom is -0.489 e. The summed E-state index contributed by atoms with van der Waals surface area (Å²) in [5.74, 6) is 0.571. The Hall–Kier alpha value is -3.33. The SMILES string of the molecule is CN(CCOc1ccccc1F)Cc1nc(-c2ccc([N+](=O)[O-])cc2)no1. The van der Waals surface area contributed by atoms with Gasteiger partial charge in [0.1, 0.15) is 6.61 Å². The number of nitro groups is 1. The van der Waals surface area contributed by atoms with E-state index < -0.39 is 10.7 Å². The van der Waals surface area contributed by atoms with Gasteiger partial charge < -0.3 is 9.26 Å². The van der Waals surface area contributed by atoms with Crippen LogP contribution in [0.5, 0.6) is 5.75 Å². The molecule has 0 aliphatic heterocycles. The number of non-ortho nitro benzene ring substituents is 1. The van der Waals surface area contributed by atoms with Crippen molar-refractivity contribution in [2.24, 2.45) is 0 Å². The van der Waals surface area contributed by atoms with Crippen LogP contribution in [0.3, 0.4) is 0 Å². The molecule has 8 nitrogen and oxygen atoms in total. The third kappa shape index (κ3) is 4.85. The Morgan fingerprint density at radius 1 is 1.22 bits per heavy atom. The van der Waals surface area contributed by atoms with E-state index in [0.717, 1.165) is 0 Å². The van der Waals surface area contributed by atoms with E-state index in [1.54, 1.807) is 30.3 Å². The smallest absolute Gasteiger partial charge is 0.269 e. The first-order chi connectivity index (χ1) is 13.0. The number of rotatable bonds is 8. The average Bonchev–Trinajstić information content (AvgIpc) is 3.12. The lowest BCUT2D eigenvalue weighted by Crippen LogP contribution is -2.24. The van der Waals surface area contributed by atoms with Crippen molar-refractivity contribution in [3.63, 3.8) is 0 Å². The van der Waals surface area contributed by atoms with Crippen molar-refractivity contribution in [1.82, 2.24) is 15.0 Å². The Labute approximate surface area is 154 Å². The van der Waals surface area contributed by atoms with Crippen molar-refractivity contribution in [3.8, 4) is 17.1 Å². The molecule has 0 saturated heterocycles. The van der Waals surface area contributed by atoms with Gasteiger partial charge in [0.25, 0.3) is 5.69 Å². The molecule has 2 aromatic carbocycles. The molecule has 27 heavy (non-hydrogen) atoms. The second-order valence-corrected chi connectivity index (χ2v) is 5.83. The lowest BCUT2D eigenvalue weighted by Gasteiger charge is -2.14. The number of nitrogens with zero attached hydrogens (tertiary/aromatic N) is 4. The van der Waals surface area contributed by atoms with Gasteiger partial charge in [-0.2, -0.15) is 4.98 Å². The van der Waals surface area contributed by atoms with Crippen LogP contribution in [0.4, 0.5) is 10.1 Å². The highest BCUT2D eigenvalue weighted by molar-refractivity contribution is 5.56. The maximum Gasteiger partial charge on any atom is 0.269 e. The Balaban J connectivity index is 1.52. The van der Waals surface area contributed by atoms with Gasteiger partial charge in [0.15, 0.2) is 11.6 Å². The predicted octanol–water partition coefficient (Wildman–Crippen LogP) is 3.29. The Morgan fingerprint density at radius 3 is 2.67 bits per heavy atom. The van der Waals surface area contributed by atoms with E-state index >= 15 is 0 Å². The maximum atomic E-state index is 13.5. The molecule has 0 radical (unpaired) electrons. The van der Waals surface area contributed by atoms with Gasteiger partial charge in [-0.25, -0.2) is 4.39 Å². The van der Waals surface area contributed by atoms with E-state index in [-0.39, 0.29) is 11.4 Å². The summed E-state index contributed by atoms with van der Waals surface area (Å²) in [5, 5.41) is 14.6. The molecule has 0 aliphatic carbocycles. The number of nitro benzene ring substituents is 1.